The third-order valence-corrected chi connectivity index (χ3v) is 3.82. The number of ether oxygens (including phenoxy) is 1. The summed E-state index contributed by atoms with van der Waals surface area (Å²) in [6.07, 6.45) is 0. The van der Waals surface area contributed by atoms with Gasteiger partial charge in [-0.2, -0.15) is 0 Å². The maximum absolute atomic E-state index is 13.0. The standard InChI is InChI=1S/C21H14FNO4/c22-17-8-4-13(5-9-17)19(24)14-6-10-18(11-7-14)27-21(26)16-3-1-2-15(12-16)20(23)25/h1-12H,(H2,23,25). The summed E-state index contributed by atoms with van der Waals surface area (Å²) in [6.45, 7) is 0. The van der Waals surface area contributed by atoms with Gasteiger partial charge < -0.3 is 10.5 Å². The van der Waals surface area contributed by atoms with Crippen molar-refractivity contribution in [3.63, 3.8) is 0 Å². The van der Waals surface area contributed by atoms with Gasteiger partial charge in [-0.25, -0.2) is 9.18 Å². The lowest BCUT2D eigenvalue weighted by molar-refractivity contribution is 0.0734. The van der Waals surface area contributed by atoms with Gasteiger partial charge in [0.25, 0.3) is 0 Å². The minimum absolute atomic E-state index is 0.178. The highest BCUT2D eigenvalue weighted by Gasteiger charge is 2.13. The van der Waals surface area contributed by atoms with Gasteiger partial charge >= 0.3 is 5.97 Å². The van der Waals surface area contributed by atoms with E-state index < -0.39 is 17.7 Å². The fraction of sp³-hybridized carbons (Fsp3) is 0. The Bertz CT molecular complexity index is 1010. The molecule has 0 unspecified atom stereocenters. The predicted octanol–water partition coefficient (Wildman–Crippen LogP) is 3.37. The molecule has 3 aromatic carbocycles. The van der Waals surface area contributed by atoms with E-state index in [1.165, 1.54) is 72.8 Å². The van der Waals surface area contributed by atoms with E-state index in [-0.39, 0.29) is 22.7 Å². The van der Waals surface area contributed by atoms with E-state index in [1.54, 1.807) is 0 Å². The van der Waals surface area contributed by atoms with Gasteiger partial charge in [0.2, 0.25) is 5.91 Å². The molecule has 3 rings (SSSR count). The fourth-order valence-corrected chi connectivity index (χ4v) is 2.41. The van der Waals surface area contributed by atoms with Gasteiger partial charge in [0.05, 0.1) is 5.56 Å². The Morgan fingerprint density at radius 3 is 1.89 bits per heavy atom. The maximum atomic E-state index is 13.0. The second-order valence-corrected chi connectivity index (χ2v) is 5.69. The quantitative estimate of drug-likeness (QED) is 0.428. The molecule has 3 aromatic rings. The minimum Gasteiger partial charge on any atom is -0.423 e. The van der Waals surface area contributed by atoms with Crippen LogP contribution in [0.5, 0.6) is 5.75 Å². The van der Waals surface area contributed by atoms with Crippen molar-refractivity contribution in [2.45, 2.75) is 0 Å². The maximum Gasteiger partial charge on any atom is 0.343 e. The van der Waals surface area contributed by atoms with E-state index in [4.69, 9.17) is 10.5 Å². The number of rotatable bonds is 5. The van der Waals surface area contributed by atoms with Crippen molar-refractivity contribution in [1.29, 1.82) is 0 Å². The van der Waals surface area contributed by atoms with Crippen LogP contribution in [0.3, 0.4) is 0 Å². The van der Waals surface area contributed by atoms with E-state index in [2.05, 4.69) is 0 Å². The van der Waals surface area contributed by atoms with Gasteiger partial charge in [-0.1, -0.05) is 6.07 Å². The monoisotopic (exact) mass is 363 g/mol. The first-order chi connectivity index (χ1) is 12.9. The van der Waals surface area contributed by atoms with Crippen molar-refractivity contribution in [2.24, 2.45) is 5.73 Å². The number of amides is 1. The number of hydrogen-bond donors (Lipinski definition) is 1. The molecule has 0 saturated heterocycles. The first-order valence-corrected chi connectivity index (χ1v) is 7.96. The molecular formula is C21H14FNO4. The number of esters is 1. The summed E-state index contributed by atoms with van der Waals surface area (Å²) in [6, 6.07) is 17.1. The van der Waals surface area contributed by atoms with Crippen LogP contribution in [0.15, 0.2) is 72.8 Å². The van der Waals surface area contributed by atoms with E-state index in [1.807, 2.05) is 0 Å². The minimum atomic E-state index is -0.657. The van der Waals surface area contributed by atoms with Gasteiger partial charge in [0.1, 0.15) is 11.6 Å². The molecule has 0 aromatic heterocycles. The van der Waals surface area contributed by atoms with Crippen molar-refractivity contribution >= 4 is 17.7 Å². The topological polar surface area (TPSA) is 86.5 Å². The second-order valence-electron chi connectivity index (χ2n) is 5.69. The fourth-order valence-electron chi connectivity index (χ4n) is 2.41. The van der Waals surface area contributed by atoms with Crippen molar-refractivity contribution in [1.82, 2.24) is 0 Å². The van der Waals surface area contributed by atoms with Crippen molar-refractivity contribution in [2.75, 3.05) is 0 Å². The number of ketones is 1. The largest absolute Gasteiger partial charge is 0.423 e. The van der Waals surface area contributed by atoms with Crippen LogP contribution in [0.25, 0.3) is 0 Å². The summed E-state index contributed by atoms with van der Waals surface area (Å²) in [5.74, 6) is -1.76. The zero-order valence-electron chi connectivity index (χ0n) is 14.0. The molecule has 5 nitrogen and oxygen atoms in total. The highest BCUT2D eigenvalue weighted by Crippen LogP contribution is 2.17. The van der Waals surface area contributed by atoms with E-state index in [0.29, 0.717) is 11.1 Å². The van der Waals surface area contributed by atoms with Crippen LogP contribution >= 0.6 is 0 Å². The number of primary amides is 1. The average molecular weight is 363 g/mol. The number of halogens is 1. The van der Waals surface area contributed by atoms with Crippen LogP contribution in [0, 0.1) is 5.82 Å². The first kappa shape index (κ1) is 18.0. The van der Waals surface area contributed by atoms with Crippen LogP contribution < -0.4 is 10.5 Å². The Labute approximate surface area is 154 Å². The lowest BCUT2D eigenvalue weighted by atomic mass is 10.0. The Hall–Kier alpha value is -3.80. The number of nitrogens with two attached hydrogens (primary N) is 1. The van der Waals surface area contributed by atoms with Crippen molar-refractivity contribution in [3.05, 3.63) is 101 Å². The third-order valence-electron chi connectivity index (χ3n) is 3.82. The van der Waals surface area contributed by atoms with E-state index in [0.717, 1.165) is 0 Å². The zero-order chi connectivity index (χ0) is 19.4. The third kappa shape index (κ3) is 4.24. The van der Waals surface area contributed by atoms with Crippen LogP contribution in [0.1, 0.15) is 36.6 Å². The smallest absolute Gasteiger partial charge is 0.343 e. The van der Waals surface area contributed by atoms with Gasteiger partial charge in [0.15, 0.2) is 5.78 Å². The normalized spacial score (nSPS) is 10.3. The molecule has 0 aliphatic rings. The summed E-state index contributed by atoms with van der Waals surface area (Å²) in [7, 11) is 0. The molecule has 1 amide bonds. The Balaban J connectivity index is 1.73. The van der Waals surface area contributed by atoms with Gasteiger partial charge in [-0.15, -0.1) is 0 Å². The number of hydrogen-bond acceptors (Lipinski definition) is 4. The Morgan fingerprint density at radius 1 is 0.741 bits per heavy atom. The molecule has 27 heavy (non-hydrogen) atoms. The summed E-state index contributed by atoms with van der Waals surface area (Å²) < 4.78 is 18.2. The van der Waals surface area contributed by atoms with Crippen molar-refractivity contribution < 1.29 is 23.5 Å². The molecule has 0 saturated carbocycles. The van der Waals surface area contributed by atoms with Gasteiger partial charge in [0, 0.05) is 16.7 Å². The molecule has 0 heterocycles. The van der Waals surface area contributed by atoms with Crippen LogP contribution in [-0.2, 0) is 0 Å². The lowest BCUT2D eigenvalue weighted by Crippen LogP contribution is -2.14. The highest BCUT2D eigenvalue weighted by atomic mass is 19.1. The predicted molar refractivity (Wildman–Crippen MR) is 96.2 cm³/mol. The zero-order valence-corrected chi connectivity index (χ0v) is 14.0. The SMILES string of the molecule is NC(=O)c1cccc(C(=O)Oc2ccc(C(=O)c3ccc(F)cc3)cc2)c1. The molecule has 6 heteroatoms. The molecule has 0 aliphatic carbocycles. The second kappa shape index (κ2) is 7.61. The summed E-state index contributed by atoms with van der Waals surface area (Å²) >= 11 is 0. The molecule has 0 atom stereocenters. The highest BCUT2D eigenvalue weighted by molar-refractivity contribution is 6.09. The first-order valence-electron chi connectivity index (χ1n) is 7.96. The molecule has 2 N–H and O–H groups in total. The average Bonchev–Trinajstić information content (AvgIpc) is 2.68. The van der Waals surface area contributed by atoms with Crippen molar-refractivity contribution in [3.8, 4) is 5.75 Å². The molecule has 0 aliphatic heterocycles. The number of carbonyl (C=O) groups excluding carboxylic acids is 3. The number of benzene rings is 3. The van der Waals surface area contributed by atoms with Gasteiger partial charge in [-0.3, -0.25) is 9.59 Å². The molecule has 0 fully saturated rings. The van der Waals surface area contributed by atoms with Crippen LogP contribution in [-0.4, -0.2) is 17.7 Å². The molecule has 0 radical (unpaired) electrons. The van der Waals surface area contributed by atoms with E-state index >= 15 is 0 Å². The lowest BCUT2D eigenvalue weighted by Gasteiger charge is -2.06. The van der Waals surface area contributed by atoms with Gasteiger partial charge in [-0.05, 0) is 66.7 Å². The molecule has 0 bridgehead atoms. The summed E-state index contributed by atoms with van der Waals surface area (Å²) in [5.41, 5.74) is 6.29. The Kier molecular flexibility index (Phi) is 5.08. The molecule has 134 valence electrons. The molecule has 0 spiro atoms. The number of carbonyl (C=O) groups is 3. The van der Waals surface area contributed by atoms with E-state index in [9.17, 15) is 18.8 Å². The molecular weight excluding hydrogens is 349 g/mol. The van der Waals surface area contributed by atoms with Crippen LogP contribution in [0.2, 0.25) is 0 Å². The van der Waals surface area contributed by atoms with Crippen LogP contribution in [0.4, 0.5) is 4.39 Å². The Morgan fingerprint density at radius 2 is 1.30 bits per heavy atom. The summed E-state index contributed by atoms with van der Waals surface area (Å²) in [5, 5.41) is 0. The summed E-state index contributed by atoms with van der Waals surface area (Å²) in [4.78, 5) is 35.7.